The van der Waals surface area contributed by atoms with Crippen molar-refractivity contribution in [2.75, 3.05) is 40.6 Å². The first-order valence-electron chi connectivity index (χ1n) is 14.2. The van der Waals surface area contributed by atoms with Gasteiger partial charge in [-0.25, -0.2) is 14.6 Å². The van der Waals surface area contributed by atoms with Gasteiger partial charge < -0.3 is 28.4 Å². The van der Waals surface area contributed by atoms with Crippen LogP contribution in [0, 0.1) is 0 Å². The Morgan fingerprint density at radius 3 is 2.45 bits per heavy atom. The fourth-order valence-electron chi connectivity index (χ4n) is 4.69. The Hall–Kier alpha value is -4.42. The van der Waals surface area contributed by atoms with E-state index in [1.165, 1.54) is 30.1 Å². The van der Waals surface area contributed by atoms with Gasteiger partial charge in [-0.3, -0.25) is 9.36 Å². The summed E-state index contributed by atoms with van der Waals surface area (Å²) in [6.45, 7) is 7.77. The number of ether oxygens (including phenoxy) is 6. The van der Waals surface area contributed by atoms with E-state index in [-0.39, 0.29) is 31.0 Å². The van der Waals surface area contributed by atoms with E-state index >= 15 is 0 Å². The average molecular weight is 625 g/mol. The maximum atomic E-state index is 14.0. The van der Waals surface area contributed by atoms with Crippen molar-refractivity contribution >= 4 is 29.4 Å². The second-order valence-corrected chi connectivity index (χ2v) is 10.6. The van der Waals surface area contributed by atoms with Crippen LogP contribution in [0.4, 0.5) is 0 Å². The Labute approximate surface area is 258 Å². The lowest BCUT2D eigenvalue weighted by Crippen LogP contribution is -2.40. The monoisotopic (exact) mass is 624 g/mol. The van der Waals surface area contributed by atoms with E-state index in [0.29, 0.717) is 44.4 Å². The van der Waals surface area contributed by atoms with Crippen LogP contribution in [0.25, 0.3) is 6.08 Å². The predicted molar refractivity (Wildman–Crippen MR) is 164 cm³/mol. The number of thiazole rings is 1. The average Bonchev–Trinajstić information content (AvgIpc) is 3.31. The van der Waals surface area contributed by atoms with Gasteiger partial charge in [-0.1, -0.05) is 35.6 Å². The van der Waals surface area contributed by atoms with Gasteiger partial charge in [0.1, 0.15) is 18.4 Å². The number of carbonyl (C=O) groups excluding carboxylic acids is 2. The van der Waals surface area contributed by atoms with E-state index in [9.17, 15) is 14.4 Å². The van der Waals surface area contributed by atoms with Crippen LogP contribution in [0.5, 0.6) is 17.2 Å². The first kappa shape index (κ1) is 32.5. The molecule has 0 radical (unpaired) electrons. The summed E-state index contributed by atoms with van der Waals surface area (Å²) in [6, 6.07) is 11.4. The number of aromatic nitrogens is 1. The molecule has 0 saturated heterocycles. The zero-order chi connectivity index (χ0) is 31.8. The first-order chi connectivity index (χ1) is 21.2. The zero-order valence-corrected chi connectivity index (χ0v) is 26.4. The Bertz CT molecular complexity index is 1710. The summed E-state index contributed by atoms with van der Waals surface area (Å²) in [5.74, 6) is 0.306. The van der Waals surface area contributed by atoms with Gasteiger partial charge in [0.05, 0.1) is 42.7 Å². The highest BCUT2D eigenvalue weighted by Crippen LogP contribution is 2.40. The largest absolute Gasteiger partial charge is 0.493 e. The minimum Gasteiger partial charge on any atom is -0.493 e. The van der Waals surface area contributed by atoms with E-state index in [2.05, 4.69) is 4.99 Å². The van der Waals surface area contributed by atoms with Gasteiger partial charge in [0.2, 0.25) is 0 Å². The number of benzene rings is 2. The van der Waals surface area contributed by atoms with Crippen LogP contribution in [0.2, 0.25) is 0 Å². The summed E-state index contributed by atoms with van der Waals surface area (Å²) in [5.41, 5.74) is 1.59. The predicted octanol–water partition coefficient (Wildman–Crippen LogP) is 3.16. The van der Waals surface area contributed by atoms with Crippen LogP contribution in [0.3, 0.4) is 0 Å². The molecule has 0 unspecified atom stereocenters. The third kappa shape index (κ3) is 7.03. The number of fused-ring (bicyclic) bond motifs is 1. The SMILES string of the molecule is CCOC(=O)[C@@H](C)Oc1ccc(/C=c2/sc3n(c2=O)[C@@H](c2cccc(OC)c2OCC)C(C(=O)OCCOC)=C(C)N=3)cc1. The van der Waals surface area contributed by atoms with Crippen molar-refractivity contribution in [3.05, 3.63) is 84.5 Å². The molecule has 0 saturated carbocycles. The molecule has 3 aromatic rings. The Balaban J connectivity index is 1.80. The molecule has 2 aromatic carbocycles. The van der Waals surface area contributed by atoms with Gasteiger partial charge in [-0.05, 0) is 57.5 Å². The number of para-hydroxylation sites is 1. The van der Waals surface area contributed by atoms with Crippen molar-refractivity contribution in [1.82, 2.24) is 4.57 Å². The molecule has 11 nitrogen and oxygen atoms in total. The molecular weight excluding hydrogens is 588 g/mol. The number of hydrogen-bond donors (Lipinski definition) is 0. The third-order valence-corrected chi connectivity index (χ3v) is 7.67. The summed E-state index contributed by atoms with van der Waals surface area (Å²) in [5, 5.41) is 0. The molecule has 4 rings (SSSR count). The molecule has 1 aromatic heterocycles. The number of hydrogen-bond acceptors (Lipinski definition) is 11. The Morgan fingerprint density at radius 2 is 1.80 bits per heavy atom. The highest BCUT2D eigenvalue weighted by molar-refractivity contribution is 7.07. The third-order valence-electron chi connectivity index (χ3n) is 6.68. The maximum absolute atomic E-state index is 14.0. The number of rotatable bonds is 13. The van der Waals surface area contributed by atoms with Crippen LogP contribution in [0.1, 0.15) is 44.9 Å². The lowest BCUT2D eigenvalue weighted by atomic mass is 9.94. The summed E-state index contributed by atoms with van der Waals surface area (Å²) < 4.78 is 34.7. The van der Waals surface area contributed by atoms with Crippen LogP contribution in [0.15, 0.2) is 63.5 Å². The highest BCUT2D eigenvalue weighted by Gasteiger charge is 2.36. The van der Waals surface area contributed by atoms with Crippen molar-refractivity contribution in [3.8, 4) is 17.2 Å². The molecule has 2 heterocycles. The molecule has 0 amide bonds. The smallest absolute Gasteiger partial charge is 0.347 e. The summed E-state index contributed by atoms with van der Waals surface area (Å²) in [7, 11) is 3.05. The lowest BCUT2D eigenvalue weighted by molar-refractivity contribution is -0.150. The fourth-order valence-corrected chi connectivity index (χ4v) is 5.73. The van der Waals surface area contributed by atoms with Gasteiger partial charge in [-0.2, -0.15) is 0 Å². The van der Waals surface area contributed by atoms with Crippen molar-refractivity contribution in [2.24, 2.45) is 4.99 Å². The number of esters is 2. The summed E-state index contributed by atoms with van der Waals surface area (Å²) >= 11 is 1.21. The van der Waals surface area contributed by atoms with Gasteiger partial charge in [0.25, 0.3) is 5.56 Å². The van der Waals surface area contributed by atoms with E-state index in [0.717, 1.165) is 5.56 Å². The second-order valence-electron chi connectivity index (χ2n) is 9.60. The molecule has 0 spiro atoms. The Kier molecular flexibility index (Phi) is 11.0. The van der Waals surface area contributed by atoms with Crippen molar-refractivity contribution in [2.45, 2.75) is 39.8 Å². The number of nitrogens with zero attached hydrogens (tertiary/aromatic N) is 2. The van der Waals surface area contributed by atoms with Gasteiger partial charge in [-0.15, -0.1) is 0 Å². The summed E-state index contributed by atoms with van der Waals surface area (Å²) in [4.78, 5) is 44.5. The normalized spacial score (nSPS) is 15.2. The molecule has 234 valence electrons. The Morgan fingerprint density at radius 1 is 1.05 bits per heavy atom. The first-order valence-corrected chi connectivity index (χ1v) is 15.0. The van der Waals surface area contributed by atoms with E-state index in [1.807, 2.05) is 6.92 Å². The molecule has 0 fully saturated rings. The van der Waals surface area contributed by atoms with Crippen LogP contribution >= 0.6 is 11.3 Å². The van der Waals surface area contributed by atoms with Crippen molar-refractivity contribution in [1.29, 1.82) is 0 Å². The fraction of sp³-hybridized carbons (Fsp3) is 0.375. The lowest BCUT2D eigenvalue weighted by Gasteiger charge is -2.27. The van der Waals surface area contributed by atoms with E-state index in [1.54, 1.807) is 69.3 Å². The van der Waals surface area contributed by atoms with Gasteiger partial charge in [0, 0.05) is 12.7 Å². The highest BCUT2D eigenvalue weighted by atomic mass is 32.1. The molecule has 0 bridgehead atoms. The van der Waals surface area contributed by atoms with Crippen LogP contribution < -0.4 is 29.1 Å². The number of carbonyl (C=O) groups is 2. The molecule has 0 aliphatic carbocycles. The van der Waals surface area contributed by atoms with Crippen LogP contribution in [-0.4, -0.2) is 63.3 Å². The minimum absolute atomic E-state index is 0.0396. The summed E-state index contributed by atoms with van der Waals surface area (Å²) in [6.07, 6.45) is 0.978. The molecule has 1 aliphatic rings. The molecule has 2 atom stereocenters. The quantitative estimate of drug-likeness (QED) is 0.208. The molecule has 0 N–H and O–H groups in total. The van der Waals surface area contributed by atoms with Gasteiger partial charge in [0.15, 0.2) is 22.4 Å². The van der Waals surface area contributed by atoms with Gasteiger partial charge >= 0.3 is 11.9 Å². The minimum atomic E-state index is -0.889. The van der Waals surface area contributed by atoms with Crippen molar-refractivity contribution < 1.29 is 38.0 Å². The molecule has 12 heteroatoms. The maximum Gasteiger partial charge on any atom is 0.347 e. The van der Waals surface area contributed by atoms with E-state index in [4.69, 9.17) is 28.4 Å². The zero-order valence-electron chi connectivity index (χ0n) is 25.6. The number of allylic oxidation sites excluding steroid dienone is 1. The molecular formula is C32H36N2O9S. The van der Waals surface area contributed by atoms with Crippen molar-refractivity contribution in [3.63, 3.8) is 0 Å². The molecule has 1 aliphatic heterocycles. The standard InChI is InChI=1S/C32H36N2O9S/c1-7-40-28-23(10-9-11-24(28)39-6)27-26(31(37)42-17-16-38-5)19(3)33-32-34(27)29(35)25(44-32)18-21-12-14-22(15-13-21)43-20(4)30(36)41-8-2/h9-15,18,20,27H,7-8,16-17H2,1-6H3/b25-18+/t20-,27+/m1/s1. The second kappa shape index (κ2) is 14.8. The molecule has 44 heavy (non-hydrogen) atoms. The topological polar surface area (TPSA) is 124 Å². The van der Waals surface area contributed by atoms with E-state index < -0.39 is 24.1 Å². The van der Waals surface area contributed by atoms with Crippen LogP contribution in [-0.2, 0) is 23.8 Å². The number of methoxy groups -OCH3 is 2.